The molecule has 0 aromatic heterocycles. The lowest BCUT2D eigenvalue weighted by Gasteiger charge is -2.21. The molecule has 2 unspecified atom stereocenters. The quantitative estimate of drug-likeness (QED) is 0.240. The molecule has 4 amide bonds. The van der Waals surface area contributed by atoms with Crippen molar-refractivity contribution in [3.8, 4) is 0 Å². The highest BCUT2D eigenvalue weighted by molar-refractivity contribution is 6.06. The van der Waals surface area contributed by atoms with E-state index in [2.05, 4.69) is 21.3 Å². The van der Waals surface area contributed by atoms with Gasteiger partial charge in [-0.1, -0.05) is 83.4 Å². The van der Waals surface area contributed by atoms with E-state index in [1.54, 1.807) is 48.5 Å². The highest BCUT2D eigenvalue weighted by Crippen LogP contribution is 2.08. The van der Waals surface area contributed by atoms with Gasteiger partial charge in [-0.2, -0.15) is 0 Å². The first-order chi connectivity index (χ1) is 18.7. The Morgan fingerprint density at radius 2 is 0.872 bits per heavy atom. The Kier molecular flexibility index (Phi) is 14.1. The van der Waals surface area contributed by atoms with Gasteiger partial charge >= 0.3 is 0 Å². The van der Waals surface area contributed by atoms with Crippen molar-refractivity contribution in [3.63, 3.8) is 0 Å². The van der Waals surface area contributed by atoms with Crippen molar-refractivity contribution in [2.75, 3.05) is 13.1 Å². The number of rotatable bonds is 16. The number of carbonyl (C=O) groups excluding carboxylic acids is 4. The minimum absolute atomic E-state index is 0.0498. The van der Waals surface area contributed by atoms with Crippen LogP contribution in [-0.4, -0.2) is 48.8 Å². The van der Waals surface area contributed by atoms with Gasteiger partial charge in [0, 0.05) is 11.1 Å². The predicted molar refractivity (Wildman–Crippen MR) is 154 cm³/mol. The van der Waals surface area contributed by atoms with Crippen LogP contribution in [0.2, 0.25) is 0 Å². The van der Waals surface area contributed by atoms with Gasteiger partial charge in [-0.3, -0.25) is 29.8 Å². The first-order valence-corrected chi connectivity index (χ1v) is 14.0. The lowest BCUT2D eigenvalue weighted by atomic mass is 10.0. The molecular formula is C31H44N4O4. The number of unbranched alkanes of at least 4 members (excludes halogenated alkanes) is 4. The lowest BCUT2D eigenvalue weighted by Crippen LogP contribution is -2.49. The molecule has 0 heterocycles. The predicted octanol–water partition coefficient (Wildman–Crippen LogP) is 4.08. The van der Waals surface area contributed by atoms with Crippen LogP contribution >= 0.6 is 0 Å². The Hall–Kier alpha value is -3.36. The average Bonchev–Trinajstić information content (AvgIpc) is 2.92. The summed E-state index contributed by atoms with van der Waals surface area (Å²) in [6, 6.07) is 16.6. The fraction of sp³-hybridized carbons (Fsp3) is 0.484. The molecule has 0 aliphatic carbocycles. The van der Waals surface area contributed by atoms with E-state index in [0.717, 1.165) is 32.1 Å². The van der Waals surface area contributed by atoms with Crippen molar-refractivity contribution in [2.45, 2.75) is 71.9 Å². The molecule has 39 heavy (non-hydrogen) atoms. The van der Waals surface area contributed by atoms with Gasteiger partial charge in [0.05, 0.1) is 12.1 Å². The molecule has 8 heteroatoms. The molecule has 0 fully saturated rings. The van der Waals surface area contributed by atoms with Crippen molar-refractivity contribution in [1.29, 1.82) is 0 Å². The maximum atomic E-state index is 12.6. The summed E-state index contributed by atoms with van der Waals surface area (Å²) in [5, 5.41) is 11.6. The number of hydrogen-bond acceptors (Lipinski definition) is 6. The van der Waals surface area contributed by atoms with Crippen LogP contribution < -0.4 is 21.3 Å². The summed E-state index contributed by atoms with van der Waals surface area (Å²) in [6.45, 7) is 9.22. The van der Waals surface area contributed by atoms with Crippen LogP contribution in [0.1, 0.15) is 80.5 Å². The summed E-state index contributed by atoms with van der Waals surface area (Å²) in [7, 11) is 0. The van der Waals surface area contributed by atoms with Crippen LogP contribution in [0.5, 0.6) is 0 Å². The molecule has 2 rings (SSSR count). The summed E-state index contributed by atoms with van der Waals surface area (Å²) in [6.07, 6.45) is 4.92. The maximum absolute atomic E-state index is 12.6. The standard InChI is InChI=1S/C31H44N4O4/c1-22(2)26(30(38)34-28(36)24-16-10-8-11-17-24)32-20-14-6-5-7-15-21-33-27(23(3)4)31(39)35-29(37)25-18-12-9-13-19-25/h8-13,16-19,22-23,26-27,32-33H,5-7,14-15,20-21H2,1-4H3,(H,34,36,38)(H,35,37,39). The molecule has 4 N–H and O–H groups in total. The van der Waals surface area contributed by atoms with E-state index >= 15 is 0 Å². The van der Waals surface area contributed by atoms with Gasteiger partial charge in [0.15, 0.2) is 0 Å². The molecular weight excluding hydrogens is 492 g/mol. The zero-order chi connectivity index (χ0) is 28.6. The molecule has 212 valence electrons. The number of carbonyl (C=O) groups is 4. The summed E-state index contributed by atoms with van der Waals surface area (Å²) >= 11 is 0. The molecule has 8 nitrogen and oxygen atoms in total. The van der Waals surface area contributed by atoms with Crippen molar-refractivity contribution in [3.05, 3.63) is 71.8 Å². The molecule has 0 radical (unpaired) electrons. The molecule has 0 saturated carbocycles. The smallest absolute Gasteiger partial charge is 0.257 e. The van der Waals surface area contributed by atoms with Crippen LogP contribution in [0.15, 0.2) is 60.7 Å². The summed E-state index contributed by atoms with van der Waals surface area (Å²) in [5.74, 6) is -1.29. The number of nitrogens with one attached hydrogen (secondary N) is 4. The van der Waals surface area contributed by atoms with Crippen molar-refractivity contribution in [1.82, 2.24) is 21.3 Å². The largest absolute Gasteiger partial charge is 0.306 e. The van der Waals surface area contributed by atoms with E-state index < -0.39 is 12.1 Å². The third-order valence-electron chi connectivity index (χ3n) is 6.53. The number of amides is 4. The Morgan fingerprint density at radius 1 is 0.538 bits per heavy atom. The SMILES string of the molecule is CC(C)C(NCCCCCCCNC(C(=O)NC(=O)c1ccccc1)C(C)C)C(=O)NC(=O)c1ccccc1. The van der Waals surface area contributed by atoms with E-state index in [-0.39, 0.29) is 35.5 Å². The van der Waals surface area contributed by atoms with Gasteiger partial charge < -0.3 is 10.6 Å². The Morgan fingerprint density at radius 3 is 1.21 bits per heavy atom. The summed E-state index contributed by atoms with van der Waals surface area (Å²) in [4.78, 5) is 49.9. The minimum atomic E-state index is -0.435. The molecule has 0 aliphatic rings. The van der Waals surface area contributed by atoms with Crippen molar-refractivity contribution < 1.29 is 19.2 Å². The highest BCUT2D eigenvalue weighted by atomic mass is 16.2. The molecule has 0 saturated heterocycles. The zero-order valence-electron chi connectivity index (χ0n) is 23.7. The second-order valence-corrected chi connectivity index (χ2v) is 10.5. The summed E-state index contributed by atoms with van der Waals surface area (Å²) < 4.78 is 0. The van der Waals surface area contributed by atoms with Gasteiger partial charge in [0.25, 0.3) is 11.8 Å². The normalized spacial score (nSPS) is 12.7. The Bertz CT molecular complexity index is 958. The molecule has 2 aromatic rings. The van der Waals surface area contributed by atoms with Crippen molar-refractivity contribution in [2.24, 2.45) is 11.8 Å². The van der Waals surface area contributed by atoms with Crippen LogP contribution in [0.3, 0.4) is 0 Å². The summed E-state index contributed by atoms with van der Waals surface area (Å²) in [5.41, 5.74) is 0.924. The maximum Gasteiger partial charge on any atom is 0.257 e. The van der Waals surface area contributed by atoms with E-state index in [9.17, 15) is 19.2 Å². The second kappa shape index (κ2) is 17.3. The van der Waals surface area contributed by atoms with Crippen LogP contribution in [0, 0.1) is 11.8 Å². The molecule has 0 spiro atoms. The second-order valence-electron chi connectivity index (χ2n) is 10.5. The lowest BCUT2D eigenvalue weighted by molar-refractivity contribution is -0.124. The van der Waals surface area contributed by atoms with E-state index in [1.165, 1.54) is 0 Å². The average molecular weight is 537 g/mol. The molecule has 0 bridgehead atoms. The highest BCUT2D eigenvalue weighted by Gasteiger charge is 2.24. The Balaban J connectivity index is 1.62. The van der Waals surface area contributed by atoms with Gasteiger partial charge in [-0.25, -0.2) is 0 Å². The minimum Gasteiger partial charge on any atom is -0.306 e. The fourth-order valence-corrected chi connectivity index (χ4v) is 4.26. The first kappa shape index (κ1) is 31.9. The topological polar surface area (TPSA) is 116 Å². The zero-order valence-corrected chi connectivity index (χ0v) is 23.7. The first-order valence-electron chi connectivity index (χ1n) is 14.0. The van der Waals surface area contributed by atoms with Gasteiger partial charge in [0.1, 0.15) is 0 Å². The number of imide groups is 2. The monoisotopic (exact) mass is 536 g/mol. The van der Waals surface area contributed by atoms with Crippen molar-refractivity contribution >= 4 is 23.6 Å². The molecule has 2 aromatic carbocycles. The fourth-order valence-electron chi connectivity index (χ4n) is 4.26. The molecule has 0 aliphatic heterocycles. The molecule has 2 atom stereocenters. The van der Waals surface area contributed by atoms with E-state index in [0.29, 0.717) is 24.2 Å². The van der Waals surface area contributed by atoms with Gasteiger partial charge in [-0.05, 0) is 62.0 Å². The van der Waals surface area contributed by atoms with Gasteiger partial charge in [-0.15, -0.1) is 0 Å². The Labute approximate surface area is 232 Å². The van der Waals surface area contributed by atoms with E-state index in [4.69, 9.17) is 0 Å². The third kappa shape index (κ3) is 11.5. The van der Waals surface area contributed by atoms with Gasteiger partial charge in [0.2, 0.25) is 11.8 Å². The van der Waals surface area contributed by atoms with E-state index in [1.807, 2.05) is 39.8 Å². The number of hydrogen-bond donors (Lipinski definition) is 4. The van der Waals surface area contributed by atoms with Crippen LogP contribution in [0.4, 0.5) is 0 Å². The van der Waals surface area contributed by atoms with Crippen LogP contribution in [0.25, 0.3) is 0 Å². The third-order valence-corrected chi connectivity index (χ3v) is 6.53. The van der Waals surface area contributed by atoms with Crippen LogP contribution in [-0.2, 0) is 9.59 Å². The number of benzene rings is 2.